The molecular weight excluding hydrogens is 408 g/mol. The first-order valence-corrected chi connectivity index (χ1v) is 10.5. The summed E-state index contributed by atoms with van der Waals surface area (Å²) in [5.74, 6) is -1.14. The fourth-order valence-electron chi connectivity index (χ4n) is 3.66. The van der Waals surface area contributed by atoms with Gasteiger partial charge in [-0.2, -0.15) is 0 Å². The molecule has 0 bridgehead atoms. The maximum absolute atomic E-state index is 15.0. The average molecular weight is 429 g/mol. The maximum Gasteiger partial charge on any atom is 0.255 e. The molecule has 6 heteroatoms. The molecule has 0 unspecified atom stereocenters. The van der Waals surface area contributed by atoms with Gasteiger partial charge in [0, 0.05) is 34.9 Å². The topological polar surface area (TPSA) is 54.0 Å². The molecule has 4 nitrogen and oxygen atoms in total. The molecule has 32 heavy (non-hydrogen) atoms. The Bertz CT molecular complexity index is 1330. The van der Waals surface area contributed by atoms with Crippen LogP contribution in [0.25, 0.3) is 22.0 Å². The van der Waals surface area contributed by atoms with E-state index in [4.69, 9.17) is 0 Å². The molecule has 0 aliphatic heterocycles. The first-order valence-electron chi connectivity index (χ1n) is 10.5. The van der Waals surface area contributed by atoms with Gasteiger partial charge in [-0.25, -0.2) is 8.78 Å². The number of nitrogens with zero attached hydrogens (tertiary/aromatic N) is 1. The predicted octanol–water partition coefficient (Wildman–Crippen LogP) is 6.12. The van der Waals surface area contributed by atoms with E-state index in [2.05, 4.69) is 15.6 Å². The van der Waals surface area contributed by atoms with E-state index in [1.165, 1.54) is 18.3 Å². The van der Waals surface area contributed by atoms with Crippen LogP contribution in [0.1, 0.15) is 28.8 Å². The van der Waals surface area contributed by atoms with E-state index >= 15 is 0 Å². The zero-order valence-corrected chi connectivity index (χ0v) is 17.5. The number of hydrogen-bond acceptors (Lipinski definition) is 3. The van der Waals surface area contributed by atoms with Crippen LogP contribution in [0, 0.1) is 18.6 Å². The number of aryl methyl sites for hydroxylation is 1. The molecule has 5 rings (SSSR count). The number of amides is 1. The number of benzene rings is 3. The Morgan fingerprint density at radius 3 is 2.50 bits per heavy atom. The molecule has 0 saturated heterocycles. The quantitative estimate of drug-likeness (QED) is 0.402. The molecule has 2 N–H and O–H groups in total. The SMILES string of the molecule is Cc1ccc(-c2cc3c(Nc4ccccc4)c(C(=O)NC4CC4)cnc3cc2F)cc1F. The van der Waals surface area contributed by atoms with Crippen molar-refractivity contribution in [2.45, 2.75) is 25.8 Å². The summed E-state index contributed by atoms with van der Waals surface area (Å²) in [6, 6.07) is 17.2. The van der Waals surface area contributed by atoms with Gasteiger partial charge in [-0.1, -0.05) is 30.3 Å². The molecule has 1 saturated carbocycles. The second-order valence-corrected chi connectivity index (χ2v) is 8.10. The second kappa shape index (κ2) is 8.04. The summed E-state index contributed by atoms with van der Waals surface area (Å²) >= 11 is 0. The molecule has 1 aromatic heterocycles. The van der Waals surface area contributed by atoms with Crippen molar-refractivity contribution in [1.29, 1.82) is 0 Å². The van der Waals surface area contributed by atoms with E-state index in [1.54, 1.807) is 25.1 Å². The lowest BCUT2D eigenvalue weighted by atomic mass is 9.99. The van der Waals surface area contributed by atoms with E-state index in [-0.39, 0.29) is 17.5 Å². The van der Waals surface area contributed by atoms with Gasteiger partial charge in [-0.05, 0) is 55.2 Å². The zero-order valence-electron chi connectivity index (χ0n) is 17.5. The summed E-state index contributed by atoms with van der Waals surface area (Å²) < 4.78 is 29.1. The van der Waals surface area contributed by atoms with E-state index in [1.807, 2.05) is 30.3 Å². The minimum Gasteiger partial charge on any atom is -0.354 e. The zero-order chi connectivity index (χ0) is 22.2. The summed E-state index contributed by atoms with van der Waals surface area (Å²) in [6.45, 7) is 1.66. The lowest BCUT2D eigenvalue weighted by molar-refractivity contribution is 0.0951. The van der Waals surface area contributed by atoms with Crippen LogP contribution < -0.4 is 10.6 Å². The number of carbonyl (C=O) groups is 1. The van der Waals surface area contributed by atoms with Crippen LogP contribution in [0.4, 0.5) is 20.2 Å². The highest BCUT2D eigenvalue weighted by Crippen LogP contribution is 2.35. The van der Waals surface area contributed by atoms with Crippen LogP contribution >= 0.6 is 0 Å². The number of fused-ring (bicyclic) bond motifs is 1. The van der Waals surface area contributed by atoms with Crippen molar-refractivity contribution < 1.29 is 13.6 Å². The fraction of sp³-hybridized carbons (Fsp3) is 0.154. The third-order valence-corrected chi connectivity index (χ3v) is 5.64. The van der Waals surface area contributed by atoms with Gasteiger partial charge < -0.3 is 10.6 Å². The smallest absolute Gasteiger partial charge is 0.255 e. The summed E-state index contributed by atoms with van der Waals surface area (Å²) in [5, 5.41) is 6.88. The van der Waals surface area contributed by atoms with Crippen molar-refractivity contribution in [3.63, 3.8) is 0 Å². The predicted molar refractivity (Wildman–Crippen MR) is 122 cm³/mol. The van der Waals surface area contributed by atoms with Crippen LogP contribution in [0.3, 0.4) is 0 Å². The van der Waals surface area contributed by atoms with Gasteiger partial charge in [0.05, 0.1) is 16.8 Å². The van der Waals surface area contributed by atoms with Crippen LogP contribution in [-0.4, -0.2) is 16.9 Å². The molecular formula is C26H21F2N3O. The summed E-state index contributed by atoms with van der Waals surface area (Å²) in [7, 11) is 0. The molecule has 1 heterocycles. The van der Waals surface area contributed by atoms with Crippen molar-refractivity contribution in [2.75, 3.05) is 5.32 Å². The molecule has 0 spiro atoms. The molecule has 0 radical (unpaired) electrons. The number of anilines is 2. The van der Waals surface area contributed by atoms with Crippen LogP contribution in [0.2, 0.25) is 0 Å². The highest BCUT2D eigenvalue weighted by molar-refractivity contribution is 6.09. The summed E-state index contributed by atoms with van der Waals surface area (Å²) in [4.78, 5) is 17.3. The molecule has 1 amide bonds. The fourth-order valence-corrected chi connectivity index (χ4v) is 3.66. The highest BCUT2D eigenvalue weighted by Gasteiger charge is 2.26. The number of halogens is 2. The number of rotatable bonds is 5. The number of carbonyl (C=O) groups excluding carboxylic acids is 1. The Morgan fingerprint density at radius 2 is 1.78 bits per heavy atom. The van der Waals surface area contributed by atoms with Gasteiger partial charge >= 0.3 is 0 Å². The summed E-state index contributed by atoms with van der Waals surface area (Å²) in [6.07, 6.45) is 3.39. The molecule has 1 aliphatic rings. The van der Waals surface area contributed by atoms with Gasteiger partial charge in [-0.3, -0.25) is 9.78 Å². The minimum absolute atomic E-state index is 0.182. The van der Waals surface area contributed by atoms with Gasteiger partial charge in [-0.15, -0.1) is 0 Å². The van der Waals surface area contributed by atoms with Gasteiger partial charge in [0.25, 0.3) is 5.91 Å². The largest absolute Gasteiger partial charge is 0.354 e. The van der Waals surface area contributed by atoms with Crippen LogP contribution in [0.15, 0.2) is 66.9 Å². The number of para-hydroxylation sites is 1. The van der Waals surface area contributed by atoms with E-state index in [0.29, 0.717) is 33.3 Å². The van der Waals surface area contributed by atoms with Crippen molar-refractivity contribution in [2.24, 2.45) is 0 Å². The normalized spacial score (nSPS) is 13.2. The Balaban J connectivity index is 1.69. The first-order chi connectivity index (χ1) is 15.5. The van der Waals surface area contributed by atoms with Crippen molar-refractivity contribution in [3.05, 3.63) is 89.6 Å². The number of hydrogen-bond donors (Lipinski definition) is 2. The lowest BCUT2D eigenvalue weighted by Crippen LogP contribution is -2.26. The third-order valence-electron chi connectivity index (χ3n) is 5.64. The molecule has 160 valence electrons. The van der Waals surface area contributed by atoms with Crippen molar-refractivity contribution >= 4 is 28.2 Å². The molecule has 1 aliphatic carbocycles. The van der Waals surface area contributed by atoms with Gasteiger partial charge in [0.1, 0.15) is 11.6 Å². The second-order valence-electron chi connectivity index (χ2n) is 8.10. The lowest BCUT2D eigenvalue weighted by Gasteiger charge is -2.16. The van der Waals surface area contributed by atoms with Crippen molar-refractivity contribution in [3.8, 4) is 11.1 Å². The Hall–Kier alpha value is -3.80. The maximum atomic E-state index is 15.0. The molecule has 3 aromatic carbocycles. The van der Waals surface area contributed by atoms with Crippen LogP contribution in [0.5, 0.6) is 0 Å². The Morgan fingerprint density at radius 1 is 1.00 bits per heavy atom. The molecule has 0 atom stereocenters. The Labute approximate surface area is 184 Å². The van der Waals surface area contributed by atoms with Crippen LogP contribution in [-0.2, 0) is 0 Å². The molecule has 4 aromatic rings. The monoisotopic (exact) mass is 429 g/mol. The standard InChI is InChI=1S/C26H21F2N3O/c1-15-7-8-16(11-22(15)27)19-12-20-24(13-23(19)28)29-14-21(26(32)31-18-9-10-18)25(20)30-17-5-3-2-4-6-17/h2-8,11-14,18H,9-10H2,1H3,(H,29,30)(H,31,32). The molecule has 1 fully saturated rings. The number of nitrogens with one attached hydrogen (secondary N) is 2. The van der Waals surface area contributed by atoms with Gasteiger partial charge in [0.2, 0.25) is 0 Å². The van der Waals surface area contributed by atoms with E-state index in [0.717, 1.165) is 18.5 Å². The highest BCUT2D eigenvalue weighted by atomic mass is 19.1. The first kappa shape index (κ1) is 20.1. The van der Waals surface area contributed by atoms with E-state index < -0.39 is 11.6 Å². The average Bonchev–Trinajstić information content (AvgIpc) is 3.60. The summed E-state index contributed by atoms with van der Waals surface area (Å²) in [5.41, 5.74) is 3.25. The van der Waals surface area contributed by atoms with E-state index in [9.17, 15) is 13.6 Å². The van der Waals surface area contributed by atoms with Gasteiger partial charge in [0.15, 0.2) is 0 Å². The third kappa shape index (κ3) is 3.91. The number of aromatic nitrogens is 1. The van der Waals surface area contributed by atoms with Crippen molar-refractivity contribution in [1.82, 2.24) is 10.3 Å². The minimum atomic E-state index is -0.505. The Kier molecular flexibility index (Phi) is 5.05. The number of pyridine rings is 1.